The Morgan fingerprint density at radius 1 is 1.38 bits per heavy atom. The number of para-hydroxylation sites is 1. The van der Waals surface area contributed by atoms with Gasteiger partial charge >= 0.3 is 5.97 Å². The summed E-state index contributed by atoms with van der Waals surface area (Å²) < 4.78 is 4.93. The van der Waals surface area contributed by atoms with Crippen molar-refractivity contribution in [3.05, 3.63) is 29.8 Å². The summed E-state index contributed by atoms with van der Waals surface area (Å²) in [6, 6.07) is 6.77. The Bertz CT molecular complexity index is 295. The summed E-state index contributed by atoms with van der Waals surface area (Å²) in [5.41, 5.74) is 0.587. The fourth-order valence-electron chi connectivity index (χ4n) is 0.915. The van der Waals surface area contributed by atoms with E-state index in [0.29, 0.717) is 11.3 Å². The number of aliphatic hydroxyl groups excluding tert-OH is 1. The van der Waals surface area contributed by atoms with Crippen molar-refractivity contribution in [2.75, 3.05) is 6.61 Å². The van der Waals surface area contributed by atoms with Gasteiger partial charge < -0.3 is 14.9 Å². The van der Waals surface area contributed by atoms with Gasteiger partial charge in [-0.25, -0.2) is 4.79 Å². The molecule has 0 aliphatic carbocycles. The van der Waals surface area contributed by atoms with Crippen molar-refractivity contribution in [3.63, 3.8) is 0 Å². The molecule has 4 nitrogen and oxygen atoms in total. The third-order valence-corrected chi connectivity index (χ3v) is 1.49. The van der Waals surface area contributed by atoms with E-state index in [2.05, 4.69) is 0 Å². The van der Waals surface area contributed by atoms with Crippen LogP contribution < -0.4 is 4.74 Å². The lowest BCUT2D eigenvalue weighted by atomic mass is 10.2. The lowest BCUT2D eigenvalue weighted by molar-refractivity contribution is -0.139. The highest BCUT2D eigenvalue weighted by molar-refractivity contribution is 5.68. The van der Waals surface area contributed by atoms with Crippen molar-refractivity contribution in [3.8, 4) is 5.75 Å². The molecule has 0 atom stereocenters. The Hall–Kier alpha value is -1.55. The molecular weight excluding hydrogens is 172 g/mol. The van der Waals surface area contributed by atoms with E-state index in [1.807, 2.05) is 0 Å². The monoisotopic (exact) mass is 182 g/mol. The van der Waals surface area contributed by atoms with Crippen LogP contribution in [-0.2, 0) is 11.4 Å². The van der Waals surface area contributed by atoms with Gasteiger partial charge in [0, 0.05) is 5.56 Å². The van der Waals surface area contributed by atoms with E-state index in [0.717, 1.165) is 0 Å². The first kappa shape index (κ1) is 9.54. The molecule has 0 heterocycles. The van der Waals surface area contributed by atoms with Gasteiger partial charge in [0.05, 0.1) is 6.61 Å². The van der Waals surface area contributed by atoms with Crippen molar-refractivity contribution in [2.45, 2.75) is 6.61 Å². The zero-order valence-corrected chi connectivity index (χ0v) is 6.93. The molecule has 4 heteroatoms. The van der Waals surface area contributed by atoms with Gasteiger partial charge in [-0.05, 0) is 6.07 Å². The zero-order valence-electron chi connectivity index (χ0n) is 6.93. The number of ether oxygens (including phenoxy) is 1. The molecule has 0 aliphatic heterocycles. The van der Waals surface area contributed by atoms with Gasteiger partial charge in [0.1, 0.15) is 5.75 Å². The minimum absolute atomic E-state index is 0.157. The van der Waals surface area contributed by atoms with E-state index in [1.54, 1.807) is 24.3 Å². The standard InChI is InChI=1S/C9H10O4/c10-5-7-3-1-2-4-8(7)13-6-9(11)12/h1-4,10H,5-6H2,(H,11,12). The SMILES string of the molecule is O=C(O)COc1ccccc1CO. The average molecular weight is 182 g/mol. The summed E-state index contributed by atoms with van der Waals surface area (Å²) in [6.45, 7) is -0.549. The van der Waals surface area contributed by atoms with Gasteiger partial charge in [-0.3, -0.25) is 0 Å². The zero-order chi connectivity index (χ0) is 9.68. The Morgan fingerprint density at radius 3 is 2.69 bits per heavy atom. The number of aliphatic hydroxyl groups is 1. The van der Waals surface area contributed by atoms with Crippen LogP contribution >= 0.6 is 0 Å². The fourth-order valence-corrected chi connectivity index (χ4v) is 0.915. The molecule has 0 aliphatic rings. The Balaban J connectivity index is 2.69. The molecule has 0 aromatic heterocycles. The van der Waals surface area contributed by atoms with Crippen LogP contribution in [0.5, 0.6) is 5.75 Å². The topological polar surface area (TPSA) is 66.8 Å². The number of hydrogen-bond donors (Lipinski definition) is 2. The smallest absolute Gasteiger partial charge is 0.341 e. The first-order chi connectivity index (χ1) is 6.24. The summed E-state index contributed by atoms with van der Waals surface area (Å²) >= 11 is 0. The number of carboxylic acid groups (broad SMARTS) is 1. The molecular formula is C9H10O4. The lowest BCUT2D eigenvalue weighted by Gasteiger charge is -2.06. The maximum Gasteiger partial charge on any atom is 0.341 e. The lowest BCUT2D eigenvalue weighted by Crippen LogP contribution is -2.10. The first-order valence-electron chi connectivity index (χ1n) is 3.77. The molecule has 0 bridgehead atoms. The van der Waals surface area contributed by atoms with Crippen molar-refractivity contribution in [1.29, 1.82) is 0 Å². The number of aliphatic carboxylic acids is 1. The van der Waals surface area contributed by atoms with E-state index < -0.39 is 12.6 Å². The minimum Gasteiger partial charge on any atom is -0.482 e. The van der Waals surface area contributed by atoms with Crippen LogP contribution in [0.1, 0.15) is 5.56 Å². The second kappa shape index (κ2) is 4.47. The molecule has 2 N–H and O–H groups in total. The second-order valence-corrected chi connectivity index (χ2v) is 2.45. The summed E-state index contributed by atoms with van der Waals surface area (Å²) in [6.07, 6.45) is 0. The minimum atomic E-state index is -1.03. The number of benzene rings is 1. The van der Waals surface area contributed by atoms with Gasteiger partial charge in [0.2, 0.25) is 0 Å². The predicted molar refractivity (Wildman–Crippen MR) is 45.5 cm³/mol. The van der Waals surface area contributed by atoms with E-state index in [4.69, 9.17) is 14.9 Å². The van der Waals surface area contributed by atoms with Crippen molar-refractivity contribution in [1.82, 2.24) is 0 Å². The average Bonchev–Trinajstić information content (AvgIpc) is 2.15. The summed E-state index contributed by atoms with van der Waals surface area (Å²) in [7, 11) is 0. The van der Waals surface area contributed by atoms with Gasteiger partial charge in [0.15, 0.2) is 6.61 Å². The van der Waals surface area contributed by atoms with Crippen LogP contribution in [0, 0.1) is 0 Å². The van der Waals surface area contributed by atoms with Crippen molar-refractivity contribution >= 4 is 5.97 Å². The molecule has 0 fully saturated rings. The summed E-state index contributed by atoms with van der Waals surface area (Å²) in [5, 5.41) is 17.2. The molecule has 1 rings (SSSR count). The molecule has 0 unspecified atom stereocenters. The maximum atomic E-state index is 10.2. The van der Waals surface area contributed by atoms with Crippen molar-refractivity contribution < 1.29 is 19.7 Å². The molecule has 0 saturated heterocycles. The summed E-state index contributed by atoms with van der Waals surface area (Å²) in [4.78, 5) is 10.2. The molecule has 0 spiro atoms. The highest BCUT2D eigenvalue weighted by atomic mass is 16.5. The van der Waals surface area contributed by atoms with E-state index >= 15 is 0 Å². The van der Waals surface area contributed by atoms with Crippen LogP contribution in [0.3, 0.4) is 0 Å². The molecule has 70 valence electrons. The first-order valence-corrected chi connectivity index (χ1v) is 3.77. The Kier molecular flexibility index (Phi) is 3.28. The fraction of sp³-hybridized carbons (Fsp3) is 0.222. The van der Waals surface area contributed by atoms with Gasteiger partial charge in [-0.2, -0.15) is 0 Å². The summed E-state index contributed by atoms with van der Waals surface area (Å²) in [5.74, 6) is -0.625. The number of carbonyl (C=O) groups is 1. The van der Waals surface area contributed by atoms with Crippen molar-refractivity contribution in [2.24, 2.45) is 0 Å². The molecule has 1 aromatic carbocycles. The van der Waals surface area contributed by atoms with Gasteiger partial charge in [0.25, 0.3) is 0 Å². The van der Waals surface area contributed by atoms with Crippen LogP contribution in [0.4, 0.5) is 0 Å². The normalized spacial score (nSPS) is 9.62. The number of rotatable bonds is 4. The third-order valence-electron chi connectivity index (χ3n) is 1.49. The highest BCUT2D eigenvalue weighted by Crippen LogP contribution is 2.17. The van der Waals surface area contributed by atoms with Crippen LogP contribution in [0.2, 0.25) is 0 Å². The van der Waals surface area contributed by atoms with Crippen LogP contribution in [0.15, 0.2) is 24.3 Å². The van der Waals surface area contributed by atoms with Crippen LogP contribution in [-0.4, -0.2) is 22.8 Å². The van der Waals surface area contributed by atoms with E-state index in [9.17, 15) is 4.79 Å². The predicted octanol–water partition coefficient (Wildman–Crippen LogP) is 0.642. The largest absolute Gasteiger partial charge is 0.482 e. The molecule has 0 saturated carbocycles. The number of hydrogen-bond acceptors (Lipinski definition) is 3. The maximum absolute atomic E-state index is 10.2. The Labute approximate surface area is 75.4 Å². The second-order valence-electron chi connectivity index (χ2n) is 2.45. The Morgan fingerprint density at radius 2 is 2.08 bits per heavy atom. The quantitative estimate of drug-likeness (QED) is 0.717. The molecule has 13 heavy (non-hydrogen) atoms. The third kappa shape index (κ3) is 2.76. The van der Waals surface area contributed by atoms with Gasteiger partial charge in [-0.1, -0.05) is 18.2 Å². The molecule has 0 amide bonds. The number of carboxylic acids is 1. The van der Waals surface area contributed by atoms with Gasteiger partial charge in [-0.15, -0.1) is 0 Å². The van der Waals surface area contributed by atoms with E-state index in [1.165, 1.54) is 0 Å². The molecule has 1 aromatic rings. The van der Waals surface area contributed by atoms with Crippen LogP contribution in [0.25, 0.3) is 0 Å². The molecule has 0 radical (unpaired) electrons. The highest BCUT2D eigenvalue weighted by Gasteiger charge is 2.03. The van der Waals surface area contributed by atoms with E-state index in [-0.39, 0.29) is 6.61 Å².